The maximum Gasteiger partial charge on any atom is 0.335 e. The summed E-state index contributed by atoms with van der Waals surface area (Å²) in [5, 5.41) is 9.54. The minimum absolute atomic E-state index is 0.0233. The number of amides is 1. The lowest BCUT2D eigenvalue weighted by Gasteiger charge is -2.40. The number of methoxy groups -OCH3 is 2. The van der Waals surface area contributed by atoms with Gasteiger partial charge in [-0.05, 0) is 42.2 Å². The summed E-state index contributed by atoms with van der Waals surface area (Å²) in [6.07, 6.45) is 0.860. The second kappa shape index (κ2) is 9.93. The van der Waals surface area contributed by atoms with Crippen molar-refractivity contribution < 1.29 is 29.0 Å². The van der Waals surface area contributed by atoms with Crippen molar-refractivity contribution in [1.82, 2.24) is 0 Å². The molecule has 1 N–H and O–H groups in total. The van der Waals surface area contributed by atoms with E-state index in [0.717, 1.165) is 11.1 Å². The number of nitrogens with zero attached hydrogens (tertiary/aromatic N) is 1. The van der Waals surface area contributed by atoms with Crippen molar-refractivity contribution in [3.8, 4) is 11.5 Å². The van der Waals surface area contributed by atoms with Crippen LogP contribution in [0.25, 0.3) is 0 Å². The number of hydrogen-bond donors (Lipinski definition) is 1. The molecule has 0 saturated heterocycles. The molecule has 0 radical (unpaired) electrons. The number of carboxylic acids is 1. The maximum absolute atomic E-state index is 13.8. The third kappa shape index (κ3) is 4.48. The third-order valence-electron chi connectivity index (χ3n) is 7.17. The normalized spacial score (nSPS) is 19.5. The van der Waals surface area contributed by atoms with Crippen molar-refractivity contribution in [2.24, 2.45) is 0 Å². The average Bonchev–Trinajstić information content (AvgIpc) is 2.92. The van der Waals surface area contributed by atoms with Gasteiger partial charge in [0.15, 0.2) is 5.78 Å². The summed E-state index contributed by atoms with van der Waals surface area (Å²) in [7, 11) is 3.12. The lowest BCUT2D eigenvalue weighted by molar-refractivity contribution is -0.120. The van der Waals surface area contributed by atoms with Gasteiger partial charge in [0.1, 0.15) is 11.5 Å². The minimum Gasteiger partial charge on any atom is -0.497 e. The molecule has 2 unspecified atom stereocenters. The van der Waals surface area contributed by atoms with Crippen LogP contribution in [-0.4, -0.2) is 37.0 Å². The molecule has 1 aliphatic heterocycles. The highest BCUT2D eigenvalue weighted by molar-refractivity contribution is 6.08. The first-order chi connectivity index (χ1) is 17.9. The van der Waals surface area contributed by atoms with Crippen LogP contribution in [0, 0.1) is 0 Å². The molecule has 2 atom stereocenters. The van der Waals surface area contributed by atoms with Gasteiger partial charge in [-0.15, -0.1) is 0 Å². The Bertz CT molecular complexity index is 1410. The van der Waals surface area contributed by atoms with Crippen LogP contribution >= 0.6 is 0 Å². The van der Waals surface area contributed by atoms with Gasteiger partial charge < -0.3 is 14.6 Å². The van der Waals surface area contributed by atoms with Crippen LogP contribution in [0.2, 0.25) is 0 Å². The van der Waals surface area contributed by atoms with E-state index in [1.165, 1.54) is 12.1 Å². The van der Waals surface area contributed by atoms with Gasteiger partial charge in [-0.25, -0.2) is 4.79 Å². The van der Waals surface area contributed by atoms with Gasteiger partial charge in [0.25, 0.3) is 0 Å². The van der Waals surface area contributed by atoms with Crippen LogP contribution in [0.4, 0.5) is 5.69 Å². The first-order valence-corrected chi connectivity index (χ1v) is 12.1. The molecule has 7 heteroatoms. The van der Waals surface area contributed by atoms with E-state index in [-0.39, 0.29) is 29.6 Å². The average molecular weight is 498 g/mol. The smallest absolute Gasteiger partial charge is 0.335 e. The van der Waals surface area contributed by atoms with Crippen LogP contribution < -0.4 is 14.4 Å². The predicted molar refractivity (Wildman–Crippen MR) is 138 cm³/mol. The molecule has 0 bridgehead atoms. The molecule has 188 valence electrons. The highest BCUT2D eigenvalue weighted by Crippen LogP contribution is 2.49. The van der Waals surface area contributed by atoms with Crippen LogP contribution in [0.3, 0.4) is 0 Å². The van der Waals surface area contributed by atoms with E-state index in [1.54, 1.807) is 43.4 Å². The highest BCUT2D eigenvalue weighted by atomic mass is 16.5. The molecule has 37 heavy (non-hydrogen) atoms. The number of anilines is 1. The highest BCUT2D eigenvalue weighted by Gasteiger charge is 2.43. The Kier molecular flexibility index (Phi) is 6.53. The first-order valence-electron chi connectivity index (χ1n) is 12.1. The van der Waals surface area contributed by atoms with E-state index in [4.69, 9.17) is 9.47 Å². The fraction of sp³-hybridized carbons (Fsp3) is 0.233. The Balaban J connectivity index is 1.68. The molecule has 0 spiro atoms. The third-order valence-corrected chi connectivity index (χ3v) is 7.17. The number of Topliss-reactive ketones (excluding diaryl/α,β-unsaturated/α-hetero) is 1. The van der Waals surface area contributed by atoms with Crippen LogP contribution in [0.1, 0.15) is 52.6 Å². The Morgan fingerprint density at radius 2 is 1.68 bits per heavy atom. The van der Waals surface area contributed by atoms with Gasteiger partial charge in [-0.2, -0.15) is 0 Å². The first kappa shape index (κ1) is 24.3. The standard InChI is InChI=1S/C30H27NO6/c1-36-22-11-12-23(27(16-22)37-2)24-17-28(33)31(21-10-6-9-19(13-21)30(34)35)25-14-20(15-26(32)29(24)25)18-7-4-3-5-8-18/h3-13,16,20,24H,14-15,17H2,1-2H3,(H,34,35). The number of carbonyl (C=O) groups is 3. The molecule has 0 saturated carbocycles. The Labute approximate surface area is 214 Å². The molecular formula is C30H27NO6. The number of ketones is 1. The summed E-state index contributed by atoms with van der Waals surface area (Å²) in [6.45, 7) is 0. The van der Waals surface area contributed by atoms with E-state index < -0.39 is 11.9 Å². The lowest BCUT2D eigenvalue weighted by Crippen LogP contribution is -2.42. The Hall–Kier alpha value is -4.39. The Morgan fingerprint density at radius 1 is 0.892 bits per heavy atom. The van der Waals surface area contributed by atoms with Crippen molar-refractivity contribution in [3.05, 3.63) is 101 Å². The van der Waals surface area contributed by atoms with E-state index >= 15 is 0 Å². The molecule has 7 nitrogen and oxygen atoms in total. The molecule has 5 rings (SSSR count). The second-order valence-electron chi connectivity index (χ2n) is 9.25. The molecule has 3 aromatic carbocycles. The minimum atomic E-state index is -1.08. The monoisotopic (exact) mass is 497 g/mol. The molecule has 1 heterocycles. The molecule has 2 aliphatic rings. The number of rotatable bonds is 6. The van der Waals surface area contributed by atoms with Gasteiger partial charge in [0, 0.05) is 47.3 Å². The second-order valence-corrected chi connectivity index (χ2v) is 9.25. The molecular weight excluding hydrogens is 470 g/mol. The molecule has 1 amide bonds. The lowest BCUT2D eigenvalue weighted by atomic mass is 9.72. The SMILES string of the molecule is COc1ccc(C2CC(=O)N(c3cccc(C(=O)O)c3)C3=C2C(=O)CC(c2ccccc2)C3)c(OC)c1. The molecule has 0 fully saturated rings. The molecule has 3 aromatic rings. The van der Waals surface area contributed by atoms with E-state index in [9.17, 15) is 19.5 Å². The zero-order valence-corrected chi connectivity index (χ0v) is 20.6. The van der Waals surface area contributed by atoms with Gasteiger partial charge in [-0.1, -0.05) is 42.5 Å². The summed E-state index contributed by atoms with van der Waals surface area (Å²) in [5.74, 6) is -0.723. The number of benzene rings is 3. The number of carbonyl (C=O) groups excluding carboxylic acids is 2. The van der Waals surface area contributed by atoms with Crippen LogP contribution in [0.15, 0.2) is 84.1 Å². The number of hydrogen-bond acceptors (Lipinski definition) is 5. The number of carboxylic acid groups (broad SMARTS) is 1. The predicted octanol–water partition coefficient (Wildman–Crippen LogP) is 5.32. The van der Waals surface area contributed by atoms with Gasteiger partial charge >= 0.3 is 5.97 Å². The van der Waals surface area contributed by atoms with Crippen molar-refractivity contribution in [3.63, 3.8) is 0 Å². The zero-order chi connectivity index (χ0) is 26.1. The maximum atomic E-state index is 13.8. The molecule has 1 aliphatic carbocycles. The molecule has 0 aromatic heterocycles. The van der Waals surface area contributed by atoms with E-state index in [0.29, 0.717) is 41.3 Å². The number of allylic oxidation sites excluding steroid dienone is 2. The van der Waals surface area contributed by atoms with Crippen molar-refractivity contribution in [2.45, 2.75) is 31.1 Å². The quantitative estimate of drug-likeness (QED) is 0.495. The summed E-state index contributed by atoms with van der Waals surface area (Å²) in [5.41, 5.74) is 3.49. The van der Waals surface area contributed by atoms with Crippen LogP contribution in [-0.2, 0) is 9.59 Å². The Morgan fingerprint density at radius 3 is 2.38 bits per heavy atom. The van der Waals surface area contributed by atoms with E-state index in [2.05, 4.69) is 0 Å². The van der Waals surface area contributed by atoms with Crippen molar-refractivity contribution in [1.29, 1.82) is 0 Å². The van der Waals surface area contributed by atoms with Gasteiger partial charge in [0.2, 0.25) is 5.91 Å². The summed E-state index contributed by atoms with van der Waals surface area (Å²) < 4.78 is 11.0. The fourth-order valence-electron chi connectivity index (χ4n) is 5.45. The largest absolute Gasteiger partial charge is 0.497 e. The fourth-order valence-corrected chi connectivity index (χ4v) is 5.45. The zero-order valence-electron chi connectivity index (χ0n) is 20.6. The summed E-state index contributed by atoms with van der Waals surface area (Å²) in [6, 6.07) is 21.5. The summed E-state index contributed by atoms with van der Waals surface area (Å²) >= 11 is 0. The topological polar surface area (TPSA) is 93.1 Å². The van der Waals surface area contributed by atoms with Crippen LogP contribution in [0.5, 0.6) is 11.5 Å². The van der Waals surface area contributed by atoms with E-state index in [1.807, 2.05) is 36.4 Å². The van der Waals surface area contributed by atoms with Crippen molar-refractivity contribution in [2.75, 3.05) is 19.1 Å². The van der Waals surface area contributed by atoms with Gasteiger partial charge in [-0.3, -0.25) is 14.5 Å². The van der Waals surface area contributed by atoms with Crippen molar-refractivity contribution >= 4 is 23.3 Å². The number of aromatic carboxylic acids is 1. The number of ether oxygens (including phenoxy) is 2. The summed E-state index contributed by atoms with van der Waals surface area (Å²) in [4.78, 5) is 40.8. The van der Waals surface area contributed by atoms with Gasteiger partial charge in [0.05, 0.1) is 19.8 Å².